The van der Waals surface area contributed by atoms with Crippen LogP contribution < -0.4 is 25.8 Å². The van der Waals surface area contributed by atoms with Crippen molar-refractivity contribution in [1.82, 2.24) is 25.1 Å². The molecule has 3 saturated heterocycles. The number of nitrogens with one attached hydrogen (secondary N) is 3. The Morgan fingerprint density at radius 1 is 0.904 bits per heavy atom. The minimum absolute atomic E-state index is 0.0353. The standard InChI is InChI=1S/C38H50FN7O5S/c39-31-21-29(22-33-36(31)38(50)42-34(41-33)24-52-30-7-5-28(47)6-8-30)51-23-25-11-13-44(14-12-25)15-16-45-17-19-46(20-18-45)27-3-1-26(2-4-27)40-32-9-10-35(48)43-37(32)49/h1-4,21-22,25,28,30,32,40,47H,5-20,23-24H2,(H,41,42,50)(H,43,48,49)/t28-,30-,32?. The molecule has 1 aliphatic carbocycles. The van der Waals surface area contributed by atoms with Gasteiger partial charge in [-0.3, -0.25) is 24.6 Å². The second kappa shape index (κ2) is 17.0. The van der Waals surface area contributed by atoms with Crippen LogP contribution in [0.2, 0.25) is 0 Å². The Balaban J connectivity index is 0.810. The molecule has 0 radical (unpaired) electrons. The minimum Gasteiger partial charge on any atom is -0.493 e. The Kier molecular flexibility index (Phi) is 11.9. The van der Waals surface area contributed by atoms with Crippen LogP contribution in [0.15, 0.2) is 41.2 Å². The Morgan fingerprint density at radius 3 is 2.33 bits per heavy atom. The summed E-state index contributed by atoms with van der Waals surface area (Å²) in [5.41, 5.74) is 1.90. The number of aromatic nitrogens is 2. The summed E-state index contributed by atoms with van der Waals surface area (Å²) in [6.45, 7) is 8.55. The van der Waals surface area contributed by atoms with Crippen LogP contribution >= 0.6 is 11.8 Å². The predicted molar refractivity (Wildman–Crippen MR) is 201 cm³/mol. The molecule has 1 saturated carbocycles. The number of rotatable bonds is 12. The van der Waals surface area contributed by atoms with Gasteiger partial charge in [0.25, 0.3) is 5.56 Å². The second-order valence-electron chi connectivity index (χ2n) is 14.7. The van der Waals surface area contributed by atoms with Crippen molar-refractivity contribution >= 4 is 45.9 Å². The number of aliphatic hydroxyl groups is 1. The number of piperidine rings is 2. The normalized spacial score (nSPS) is 23.9. The predicted octanol–water partition coefficient (Wildman–Crippen LogP) is 3.73. The number of piperazine rings is 1. The number of fused-ring (bicyclic) bond motifs is 1. The van der Waals surface area contributed by atoms with E-state index in [0.717, 1.165) is 96.6 Å². The molecule has 3 aromatic rings. The average molecular weight is 736 g/mol. The van der Waals surface area contributed by atoms with E-state index in [9.17, 15) is 19.5 Å². The summed E-state index contributed by atoms with van der Waals surface area (Å²) in [7, 11) is 0. The summed E-state index contributed by atoms with van der Waals surface area (Å²) >= 11 is 1.73. The number of halogens is 1. The molecule has 4 heterocycles. The first-order chi connectivity index (χ1) is 25.3. The molecular formula is C38H50FN7O5S. The van der Waals surface area contributed by atoms with Crippen LogP contribution in [0.5, 0.6) is 5.75 Å². The number of aromatic amines is 1. The third kappa shape index (κ3) is 9.44. The lowest BCUT2D eigenvalue weighted by molar-refractivity contribution is -0.133. The van der Waals surface area contributed by atoms with E-state index in [1.54, 1.807) is 17.8 Å². The molecule has 4 N–H and O–H groups in total. The molecule has 4 aliphatic rings. The van der Waals surface area contributed by atoms with E-state index < -0.39 is 11.4 Å². The molecule has 52 heavy (non-hydrogen) atoms. The number of aliphatic hydroxyl groups excluding tert-OH is 1. The van der Waals surface area contributed by atoms with Crippen molar-refractivity contribution in [1.29, 1.82) is 0 Å². The van der Waals surface area contributed by atoms with Gasteiger partial charge in [-0.15, -0.1) is 0 Å². The molecule has 14 heteroatoms. The molecule has 7 rings (SSSR count). The van der Waals surface area contributed by atoms with Gasteiger partial charge in [-0.1, -0.05) is 0 Å². The van der Waals surface area contributed by atoms with Gasteiger partial charge in [0, 0.05) is 74.4 Å². The maximum absolute atomic E-state index is 15.0. The Hall–Kier alpha value is -3.72. The highest BCUT2D eigenvalue weighted by Crippen LogP contribution is 2.31. The molecule has 2 aromatic carbocycles. The summed E-state index contributed by atoms with van der Waals surface area (Å²) in [4.78, 5) is 51.0. The minimum atomic E-state index is -0.616. The summed E-state index contributed by atoms with van der Waals surface area (Å²) in [6.07, 6.45) is 6.20. The summed E-state index contributed by atoms with van der Waals surface area (Å²) in [5, 5.41) is 15.8. The largest absolute Gasteiger partial charge is 0.493 e. The fraction of sp³-hybridized carbons (Fsp3) is 0.579. The SMILES string of the molecule is O=C1CCC(Nc2ccc(N3CCN(CCN4CCC(COc5cc(F)c6c(=O)[nH]c(CS[C@H]7CC[C@H](O)CC7)nc6c5)CC4)CC3)cc2)C(=O)N1. The smallest absolute Gasteiger partial charge is 0.261 e. The fourth-order valence-corrected chi connectivity index (χ4v) is 8.85. The van der Waals surface area contributed by atoms with Gasteiger partial charge >= 0.3 is 0 Å². The number of benzene rings is 2. The van der Waals surface area contributed by atoms with Crippen molar-refractivity contribution in [2.45, 2.75) is 74.5 Å². The van der Waals surface area contributed by atoms with E-state index in [2.05, 4.69) is 47.4 Å². The molecule has 1 aromatic heterocycles. The van der Waals surface area contributed by atoms with E-state index in [1.165, 1.54) is 11.8 Å². The number of hydrogen-bond donors (Lipinski definition) is 4. The van der Waals surface area contributed by atoms with Crippen molar-refractivity contribution in [3.05, 3.63) is 58.4 Å². The van der Waals surface area contributed by atoms with Crippen molar-refractivity contribution in [2.75, 3.05) is 69.2 Å². The van der Waals surface area contributed by atoms with Crippen molar-refractivity contribution in [3.63, 3.8) is 0 Å². The molecule has 12 nitrogen and oxygen atoms in total. The molecule has 4 fully saturated rings. The first-order valence-electron chi connectivity index (χ1n) is 18.8. The second-order valence-corrected chi connectivity index (χ2v) is 16.0. The first kappa shape index (κ1) is 36.6. The quantitative estimate of drug-likeness (QED) is 0.202. The maximum atomic E-state index is 15.0. The van der Waals surface area contributed by atoms with Crippen molar-refractivity contribution in [3.8, 4) is 5.75 Å². The van der Waals surface area contributed by atoms with Crippen molar-refractivity contribution in [2.24, 2.45) is 5.92 Å². The van der Waals surface area contributed by atoms with Crippen LogP contribution in [-0.2, 0) is 15.3 Å². The molecule has 1 atom stereocenters. The van der Waals surface area contributed by atoms with E-state index >= 15 is 4.39 Å². The molecule has 280 valence electrons. The zero-order chi connectivity index (χ0) is 36.0. The lowest BCUT2D eigenvalue weighted by Gasteiger charge is -2.38. The maximum Gasteiger partial charge on any atom is 0.261 e. The molecule has 3 aliphatic heterocycles. The number of hydrogen-bond acceptors (Lipinski definition) is 11. The summed E-state index contributed by atoms with van der Waals surface area (Å²) in [6, 6.07) is 10.8. The number of carbonyl (C=O) groups excluding carboxylic acids is 2. The van der Waals surface area contributed by atoms with E-state index in [1.807, 2.05) is 12.1 Å². The van der Waals surface area contributed by atoms with E-state index in [4.69, 9.17) is 4.74 Å². The molecule has 0 bridgehead atoms. The highest BCUT2D eigenvalue weighted by Gasteiger charge is 2.27. The number of H-pyrrole nitrogens is 1. The summed E-state index contributed by atoms with van der Waals surface area (Å²) in [5.74, 6) is 0.777. The van der Waals surface area contributed by atoms with Gasteiger partial charge in [-0.05, 0) is 88.2 Å². The third-order valence-electron chi connectivity index (χ3n) is 11.0. The molecule has 2 amide bonds. The van der Waals surface area contributed by atoms with Gasteiger partial charge in [0.2, 0.25) is 11.8 Å². The van der Waals surface area contributed by atoms with E-state index in [-0.39, 0.29) is 29.3 Å². The molecular weight excluding hydrogens is 686 g/mol. The molecule has 0 spiro atoms. The van der Waals surface area contributed by atoms with Gasteiger partial charge < -0.3 is 29.9 Å². The van der Waals surface area contributed by atoms with Crippen LogP contribution in [-0.4, -0.2) is 113 Å². The Bertz CT molecular complexity index is 1750. The van der Waals surface area contributed by atoms with Gasteiger partial charge in [0.05, 0.1) is 24.0 Å². The van der Waals surface area contributed by atoms with Crippen LogP contribution in [0.25, 0.3) is 10.9 Å². The van der Waals surface area contributed by atoms with Crippen LogP contribution in [0.4, 0.5) is 15.8 Å². The third-order valence-corrected chi connectivity index (χ3v) is 12.4. The summed E-state index contributed by atoms with van der Waals surface area (Å²) < 4.78 is 21.1. The van der Waals surface area contributed by atoms with Crippen molar-refractivity contribution < 1.29 is 23.8 Å². The van der Waals surface area contributed by atoms with Crippen LogP contribution in [0.3, 0.4) is 0 Å². The van der Waals surface area contributed by atoms with Gasteiger partial charge in [-0.2, -0.15) is 11.8 Å². The highest BCUT2D eigenvalue weighted by molar-refractivity contribution is 7.99. The van der Waals surface area contributed by atoms with Crippen LogP contribution in [0, 0.1) is 11.7 Å². The lowest BCUT2D eigenvalue weighted by atomic mass is 9.97. The van der Waals surface area contributed by atoms with Gasteiger partial charge in [-0.25, -0.2) is 9.37 Å². The zero-order valence-corrected chi connectivity index (χ0v) is 30.5. The molecule has 1 unspecified atom stereocenters. The number of carbonyl (C=O) groups is 2. The highest BCUT2D eigenvalue weighted by atomic mass is 32.2. The number of imide groups is 1. The van der Waals surface area contributed by atoms with Gasteiger partial charge in [0.1, 0.15) is 28.8 Å². The van der Waals surface area contributed by atoms with E-state index in [0.29, 0.717) is 53.5 Å². The number of nitrogens with zero attached hydrogens (tertiary/aromatic N) is 4. The monoisotopic (exact) mass is 735 g/mol. The lowest BCUT2D eigenvalue weighted by Crippen LogP contribution is -2.49. The topological polar surface area (TPSA) is 143 Å². The average Bonchev–Trinajstić information content (AvgIpc) is 3.15. The number of likely N-dealkylation sites (tertiary alicyclic amines) is 1. The van der Waals surface area contributed by atoms with Gasteiger partial charge in [0.15, 0.2) is 0 Å². The van der Waals surface area contributed by atoms with Crippen LogP contribution in [0.1, 0.15) is 57.2 Å². The first-order valence-corrected chi connectivity index (χ1v) is 19.9. The number of amides is 2. The Morgan fingerprint density at radius 2 is 1.62 bits per heavy atom. The number of thioether (sulfide) groups is 1. The number of anilines is 2. The fourth-order valence-electron chi connectivity index (χ4n) is 7.71. The number of ether oxygens (including phenoxy) is 1. The Labute approximate surface area is 307 Å². The zero-order valence-electron chi connectivity index (χ0n) is 29.7.